The second-order valence-corrected chi connectivity index (χ2v) is 9.38. The molecule has 0 spiro atoms. The fourth-order valence-corrected chi connectivity index (χ4v) is 4.52. The first-order valence-corrected chi connectivity index (χ1v) is 11.6. The molecule has 0 aromatic heterocycles. The predicted octanol–water partition coefficient (Wildman–Crippen LogP) is 5.47. The Morgan fingerprint density at radius 1 is 0.906 bits per heavy atom. The summed E-state index contributed by atoms with van der Waals surface area (Å²) in [5.74, 6) is 0.270. The minimum atomic E-state index is -3.89. The highest BCUT2D eigenvalue weighted by atomic mass is 35.5. The van der Waals surface area contributed by atoms with Crippen molar-refractivity contribution in [3.8, 4) is 11.5 Å². The monoisotopic (exact) mass is 514 g/mol. The summed E-state index contributed by atoms with van der Waals surface area (Å²) in [6, 6.07) is 14.9. The molecule has 168 valence electrons. The molecule has 0 radical (unpaired) electrons. The summed E-state index contributed by atoms with van der Waals surface area (Å²) in [5, 5.41) is 3.37. The highest BCUT2D eigenvalue weighted by Gasteiger charge is 2.17. The van der Waals surface area contributed by atoms with Crippen molar-refractivity contribution in [3.05, 3.63) is 75.7 Å². The van der Waals surface area contributed by atoms with Crippen molar-refractivity contribution in [2.45, 2.75) is 4.90 Å². The van der Waals surface area contributed by atoms with Gasteiger partial charge in [0, 0.05) is 21.4 Å². The van der Waals surface area contributed by atoms with E-state index >= 15 is 0 Å². The number of carbonyl (C=O) groups excluding carboxylic acids is 1. The van der Waals surface area contributed by atoms with E-state index in [0.29, 0.717) is 27.2 Å². The van der Waals surface area contributed by atoms with Crippen LogP contribution in [0.5, 0.6) is 11.5 Å². The maximum atomic E-state index is 12.6. The Hall–Kier alpha value is -2.65. The molecule has 0 saturated heterocycles. The van der Waals surface area contributed by atoms with Crippen LogP contribution in [0.15, 0.2) is 65.6 Å². The van der Waals surface area contributed by atoms with Gasteiger partial charge in [0.15, 0.2) is 6.61 Å². The van der Waals surface area contributed by atoms with Crippen LogP contribution < -0.4 is 19.5 Å². The number of amides is 1. The molecule has 0 fully saturated rings. The zero-order valence-electron chi connectivity index (χ0n) is 16.6. The lowest BCUT2D eigenvalue weighted by Gasteiger charge is -2.12. The summed E-state index contributed by atoms with van der Waals surface area (Å²) in [5.41, 5.74) is 0.772. The van der Waals surface area contributed by atoms with Crippen LogP contribution in [-0.2, 0) is 14.8 Å². The number of hydrogen-bond donors (Lipinski definition) is 2. The average Bonchev–Trinajstić information content (AvgIpc) is 2.72. The van der Waals surface area contributed by atoms with Crippen LogP contribution in [0.3, 0.4) is 0 Å². The van der Waals surface area contributed by atoms with Crippen LogP contribution in [0.1, 0.15) is 0 Å². The highest BCUT2D eigenvalue weighted by Crippen LogP contribution is 2.29. The number of ether oxygens (including phenoxy) is 2. The Morgan fingerprint density at radius 2 is 1.56 bits per heavy atom. The Balaban J connectivity index is 1.64. The van der Waals surface area contributed by atoms with E-state index in [1.165, 1.54) is 43.5 Å². The number of carbonyl (C=O) groups is 1. The van der Waals surface area contributed by atoms with Crippen molar-refractivity contribution >= 4 is 62.1 Å². The molecule has 3 aromatic carbocycles. The maximum absolute atomic E-state index is 12.6. The van der Waals surface area contributed by atoms with Gasteiger partial charge < -0.3 is 14.8 Å². The molecule has 0 atom stereocenters. The number of anilines is 2. The van der Waals surface area contributed by atoms with Gasteiger partial charge >= 0.3 is 0 Å². The van der Waals surface area contributed by atoms with Gasteiger partial charge in [0.2, 0.25) is 0 Å². The quantitative estimate of drug-likeness (QED) is 0.415. The van der Waals surface area contributed by atoms with Crippen LogP contribution >= 0.6 is 34.8 Å². The zero-order valence-corrected chi connectivity index (χ0v) is 19.6. The number of methoxy groups -OCH3 is 1. The summed E-state index contributed by atoms with van der Waals surface area (Å²) in [6.45, 7) is -0.361. The molecule has 0 saturated carbocycles. The summed E-state index contributed by atoms with van der Waals surface area (Å²) in [6.07, 6.45) is 0. The first-order chi connectivity index (χ1) is 15.2. The molecule has 3 rings (SSSR count). The molecule has 2 N–H and O–H groups in total. The van der Waals surface area contributed by atoms with Gasteiger partial charge in [-0.15, -0.1) is 0 Å². The molecule has 0 bridgehead atoms. The summed E-state index contributed by atoms with van der Waals surface area (Å²) in [7, 11) is -2.37. The van der Waals surface area contributed by atoms with Crippen molar-refractivity contribution in [2.75, 3.05) is 23.8 Å². The number of halogens is 3. The Kier molecular flexibility index (Phi) is 7.73. The van der Waals surface area contributed by atoms with Crippen LogP contribution in [0, 0.1) is 0 Å². The van der Waals surface area contributed by atoms with Gasteiger partial charge in [0.25, 0.3) is 15.9 Å². The molecule has 11 heteroatoms. The maximum Gasteiger partial charge on any atom is 0.262 e. The third kappa shape index (κ3) is 6.43. The number of nitrogens with one attached hydrogen (secondary N) is 2. The Labute approximate surface area is 200 Å². The van der Waals surface area contributed by atoms with Crippen LogP contribution in [0.25, 0.3) is 0 Å². The van der Waals surface area contributed by atoms with Crippen LogP contribution in [0.4, 0.5) is 11.4 Å². The molecule has 0 unspecified atom stereocenters. The van der Waals surface area contributed by atoms with E-state index < -0.39 is 15.9 Å². The fourth-order valence-electron chi connectivity index (χ4n) is 2.61. The average molecular weight is 516 g/mol. The second-order valence-electron chi connectivity index (χ2n) is 6.42. The largest absolute Gasteiger partial charge is 0.497 e. The molecule has 0 aliphatic carbocycles. The van der Waals surface area contributed by atoms with Gasteiger partial charge in [0.1, 0.15) is 11.5 Å². The Morgan fingerprint density at radius 3 is 2.16 bits per heavy atom. The molecule has 7 nitrogen and oxygen atoms in total. The molecular weight excluding hydrogens is 499 g/mol. The summed E-state index contributed by atoms with van der Waals surface area (Å²) < 4.78 is 38.1. The smallest absolute Gasteiger partial charge is 0.262 e. The van der Waals surface area contributed by atoms with E-state index in [0.717, 1.165) is 0 Å². The van der Waals surface area contributed by atoms with E-state index in [2.05, 4.69) is 10.0 Å². The van der Waals surface area contributed by atoms with E-state index in [1.807, 2.05) is 0 Å². The van der Waals surface area contributed by atoms with Crippen LogP contribution in [0.2, 0.25) is 15.1 Å². The molecule has 0 heterocycles. The third-order valence-corrected chi connectivity index (χ3v) is 6.17. The SMILES string of the molecule is COc1ccc(NS(=O)(=O)c2ccc(OCC(=O)Nc3cc(Cl)cc(Cl)c3)c(Cl)c2)cc1. The molecular formula is C21H17Cl3N2O5S. The van der Waals surface area contributed by atoms with Gasteiger partial charge in [0.05, 0.1) is 17.0 Å². The number of benzene rings is 3. The van der Waals surface area contributed by atoms with Crippen molar-refractivity contribution in [2.24, 2.45) is 0 Å². The van der Waals surface area contributed by atoms with Crippen molar-refractivity contribution < 1.29 is 22.7 Å². The molecule has 32 heavy (non-hydrogen) atoms. The summed E-state index contributed by atoms with van der Waals surface area (Å²) >= 11 is 18.0. The standard InChI is InChI=1S/C21H17Cl3N2O5S/c1-30-17-4-2-15(3-5-17)26-32(28,29)18-6-7-20(19(24)11-18)31-12-21(27)25-16-9-13(22)8-14(23)10-16/h2-11,26H,12H2,1H3,(H,25,27). The van der Waals surface area contributed by atoms with Gasteiger partial charge in [-0.1, -0.05) is 34.8 Å². The number of sulfonamides is 1. The molecule has 3 aromatic rings. The van der Waals surface area contributed by atoms with Crippen molar-refractivity contribution in [1.29, 1.82) is 0 Å². The van der Waals surface area contributed by atoms with E-state index in [1.54, 1.807) is 24.3 Å². The number of hydrogen-bond acceptors (Lipinski definition) is 5. The lowest BCUT2D eigenvalue weighted by molar-refractivity contribution is -0.118. The topological polar surface area (TPSA) is 93.7 Å². The second kappa shape index (κ2) is 10.3. The van der Waals surface area contributed by atoms with E-state index in [4.69, 9.17) is 44.3 Å². The van der Waals surface area contributed by atoms with Crippen molar-refractivity contribution in [3.63, 3.8) is 0 Å². The Bertz CT molecular complexity index is 1210. The first kappa shape index (κ1) is 24.0. The van der Waals surface area contributed by atoms with Crippen molar-refractivity contribution in [1.82, 2.24) is 0 Å². The van der Waals surface area contributed by atoms with Gasteiger partial charge in [-0.05, 0) is 60.7 Å². The van der Waals surface area contributed by atoms with Gasteiger partial charge in [-0.2, -0.15) is 0 Å². The van der Waals surface area contributed by atoms with Gasteiger partial charge in [-0.3, -0.25) is 9.52 Å². The molecule has 1 amide bonds. The predicted molar refractivity (Wildman–Crippen MR) is 126 cm³/mol. The normalized spacial score (nSPS) is 11.0. The van der Waals surface area contributed by atoms with Gasteiger partial charge in [-0.25, -0.2) is 8.42 Å². The van der Waals surface area contributed by atoms with E-state index in [9.17, 15) is 13.2 Å². The lowest BCUT2D eigenvalue weighted by Crippen LogP contribution is -2.20. The number of rotatable bonds is 8. The molecule has 0 aliphatic rings. The minimum absolute atomic E-state index is 0.0289. The summed E-state index contributed by atoms with van der Waals surface area (Å²) in [4.78, 5) is 12.0. The van der Waals surface area contributed by atoms with E-state index in [-0.39, 0.29) is 22.3 Å². The third-order valence-electron chi connectivity index (χ3n) is 4.06. The minimum Gasteiger partial charge on any atom is -0.497 e. The lowest BCUT2D eigenvalue weighted by atomic mass is 10.3. The zero-order chi connectivity index (χ0) is 23.3. The fraction of sp³-hybridized carbons (Fsp3) is 0.0952. The highest BCUT2D eigenvalue weighted by molar-refractivity contribution is 7.92. The molecule has 0 aliphatic heterocycles. The van der Waals surface area contributed by atoms with Crippen LogP contribution in [-0.4, -0.2) is 28.0 Å². The first-order valence-electron chi connectivity index (χ1n) is 9.01.